The summed E-state index contributed by atoms with van der Waals surface area (Å²) in [5.74, 6) is 0.840. The van der Waals surface area contributed by atoms with Crippen molar-refractivity contribution in [1.82, 2.24) is 15.1 Å². The molecule has 1 aromatic heterocycles. The summed E-state index contributed by atoms with van der Waals surface area (Å²) in [5, 5.41) is 16.9. The van der Waals surface area contributed by atoms with Crippen LogP contribution in [0.2, 0.25) is 0 Å². The van der Waals surface area contributed by atoms with Crippen molar-refractivity contribution < 1.29 is 14.6 Å². The number of aliphatic hydroxyl groups is 1. The largest absolute Gasteiger partial charge is 0.497 e. The molecule has 1 saturated carbocycles. The van der Waals surface area contributed by atoms with Gasteiger partial charge in [-0.1, -0.05) is 0 Å². The number of hydrogen-bond donors (Lipinski definition) is 2. The molecule has 6 nitrogen and oxygen atoms in total. The molecule has 0 unspecified atom stereocenters. The number of aryl methyl sites for hydroxylation is 2. The summed E-state index contributed by atoms with van der Waals surface area (Å²) in [4.78, 5) is 12.7. The Morgan fingerprint density at radius 1 is 1.46 bits per heavy atom. The third-order valence-corrected chi connectivity index (χ3v) is 4.67. The average molecular weight is 329 g/mol. The lowest BCUT2D eigenvalue weighted by Crippen LogP contribution is -2.41. The second kappa shape index (κ2) is 6.65. The van der Waals surface area contributed by atoms with Gasteiger partial charge in [0.05, 0.1) is 25.5 Å². The van der Waals surface area contributed by atoms with E-state index in [9.17, 15) is 9.90 Å². The van der Waals surface area contributed by atoms with Gasteiger partial charge in [0.2, 0.25) is 0 Å². The van der Waals surface area contributed by atoms with E-state index in [1.807, 2.05) is 26.2 Å². The third-order valence-electron chi connectivity index (χ3n) is 4.67. The monoisotopic (exact) mass is 329 g/mol. The molecule has 6 heteroatoms. The molecular formula is C18H23N3O3. The number of ether oxygens (including phenoxy) is 1. The molecule has 3 rings (SSSR count). The first-order chi connectivity index (χ1) is 11.5. The van der Waals surface area contributed by atoms with Gasteiger partial charge in [0.15, 0.2) is 0 Å². The van der Waals surface area contributed by atoms with Crippen molar-refractivity contribution in [2.75, 3.05) is 7.11 Å². The van der Waals surface area contributed by atoms with E-state index >= 15 is 0 Å². The highest BCUT2D eigenvalue weighted by molar-refractivity contribution is 5.96. The molecule has 1 aliphatic rings. The zero-order chi connectivity index (χ0) is 17.3. The quantitative estimate of drug-likeness (QED) is 0.879. The lowest BCUT2D eigenvalue weighted by Gasteiger charge is -2.37. The topological polar surface area (TPSA) is 76.4 Å². The van der Waals surface area contributed by atoms with E-state index in [4.69, 9.17) is 4.74 Å². The van der Waals surface area contributed by atoms with Gasteiger partial charge < -0.3 is 15.2 Å². The molecule has 1 fully saturated rings. The number of carbonyl (C=O) groups excluding carboxylic acids is 1. The summed E-state index contributed by atoms with van der Waals surface area (Å²) in [7, 11) is 3.46. The molecule has 2 aromatic rings. The van der Waals surface area contributed by atoms with Crippen molar-refractivity contribution in [1.29, 1.82) is 0 Å². The number of amides is 1. The van der Waals surface area contributed by atoms with Gasteiger partial charge in [0.1, 0.15) is 5.75 Å². The summed E-state index contributed by atoms with van der Waals surface area (Å²) in [6, 6.07) is 5.27. The van der Waals surface area contributed by atoms with E-state index < -0.39 is 0 Å². The minimum Gasteiger partial charge on any atom is -0.497 e. The second-order valence-corrected chi connectivity index (χ2v) is 6.46. The summed E-state index contributed by atoms with van der Waals surface area (Å²) >= 11 is 0. The lowest BCUT2D eigenvalue weighted by atomic mass is 9.75. The minimum atomic E-state index is -0.270. The lowest BCUT2D eigenvalue weighted by molar-refractivity contribution is 0.0235. The molecule has 1 atom stereocenters. The second-order valence-electron chi connectivity index (χ2n) is 6.46. The SMILES string of the molecule is COc1ccc(C(=O)N[C@@H](c2cnn(C)c2)C2CC(O)C2)c(C)c1. The minimum absolute atomic E-state index is 0.120. The molecule has 24 heavy (non-hydrogen) atoms. The van der Waals surface area contributed by atoms with E-state index in [-0.39, 0.29) is 24.0 Å². The van der Waals surface area contributed by atoms with E-state index in [1.54, 1.807) is 30.1 Å². The van der Waals surface area contributed by atoms with Crippen LogP contribution in [-0.2, 0) is 7.05 Å². The number of methoxy groups -OCH3 is 1. The standard InChI is InChI=1S/C18H23N3O3/c1-11-6-15(24-3)4-5-16(11)18(23)20-17(12-7-14(22)8-12)13-9-19-21(2)10-13/h4-6,9-10,12,14,17,22H,7-8H2,1-3H3,(H,20,23)/t12?,14?,17-/m1/s1. The third kappa shape index (κ3) is 3.28. The van der Waals surface area contributed by atoms with Gasteiger partial charge in [0, 0.05) is 24.4 Å². The Kier molecular flexibility index (Phi) is 4.57. The molecule has 0 saturated heterocycles. The highest BCUT2D eigenvalue weighted by Crippen LogP contribution is 2.38. The number of aliphatic hydroxyl groups excluding tert-OH is 1. The fourth-order valence-electron chi connectivity index (χ4n) is 3.21. The van der Waals surface area contributed by atoms with Gasteiger partial charge in [-0.2, -0.15) is 5.10 Å². The van der Waals surface area contributed by atoms with Gasteiger partial charge in [-0.15, -0.1) is 0 Å². The van der Waals surface area contributed by atoms with E-state index in [0.29, 0.717) is 18.4 Å². The van der Waals surface area contributed by atoms with Crippen molar-refractivity contribution in [2.24, 2.45) is 13.0 Å². The van der Waals surface area contributed by atoms with Crippen molar-refractivity contribution >= 4 is 5.91 Å². The van der Waals surface area contributed by atoms with E-state index in [2.05, 4.69) is 10.4 Å². The zero-order valence-electron chi connectivity index (χ0n) is 14.2. The van der Waals surface area contributed by atoms with Crippen LogP contribution in [0.15, 0.2) is 30.6 Å². The van der Waals surface area contributed by atoms with Crippen molar-refractivity contribution in [3.05, 3.63) is 47.3 Å². The molecule has 1 heterocycles. The van der Waals surface area contributed by atoms with Gasteiger partial charge >= 0.3 is 0 Å². The molecule has 2 N–H and O–H groups in total. The van der Waals surface area contributed by atoms with Gasteiger partial charge in [-0.3, -0.25) is 9.48 Å². The fourth-order valence-corrected chi connectivity index (χ4v) is 3.21. The Hall–Kier alpha value is -2.34. The number of hydrogen-bond acceptors (Lipinski definition) is 4. The van der Waals surface area contributed by atoms with E-state index in [0.717, 1.165) is 16.9 Å². The van der Waals surface area contributed by atoms with Crippen LogP contribution >= 0.6 is 0 Å². The number of carbonyl (C=O) groups is 1. The van der Waals surface area contributed by atoms with Crippen LogP contribution in [0.25, 0.3) is 0 Å². The predicted octanol–water partition coefficient (Wildman–Crippen LogP) is 1.98. The summed E-state index contributed by atoms with van der Waals surface area (Å²) < 4.78 is 6.91. The van der Waals surface area contributed by atoms with Gasteiger partial charge in [-0.05, 0) is 49.4 Å². The molecule has 0 bridgehead atoms. The first-order valence-corrected chi connectivity index (χ1v) is 8.10. The molecule has 1 amide bonds. The maximum absolute atomic E-state index is 12.7. The molecule has 0 aliphatic heterocycles. The van der Waals surface area contributed by atoms with Crippen molar-refractivity contribution in [2.45, 2.75) is 31.9 Å². The van der Waals surface area contributed by atoms with Gasteiger partial charge in [-0.25, -0.2) is 0 Å². The number of benzene rings is 1. The summed E-state index contributed by atoms with van der Waals surface area (Å²) in [6.07, 6.45) is 4.81. The molecule has 0 radical (unpaired) electrons. The molecule has 0 spiro atoms. The number of aromatic nitrogens is 2. The van der Waals surface area contributed by atoms with E-state index in [1.165, 1.54) is 0 Å². The Labute approximate surface area is 141 Å². The normalized spacial score (nSPS) is 21.0. The van der Waals surface area contributed by atoms with Crippen LogP contribution < -0.4 is 10.1 Å². The summed E-state index contributed by atoms with van der Waals surface area (Å²) in [6.45, 7) is 1.89. The van der Waals surface area contributed by atoms with Crippen LogP contribution in [0.4, 0.5) is 0 Å². The maximum Gasteiger partial charge on any atom is 0.252 e. The first-order valence-electron chi connectivity index (χ1n) is 8.10. The van der Waals surface area contributed by atoms with Crippen LogP contribution in [0.5, 0.6) is 5.75 Å². The molecule has 128 valence electrons. The van der Waals surface area contributed by atoms with Crippen LogP contribution in [0.1, 0.15) is 40.4 Å². The van der Waals surface area contributed by atoms with Gasteiger partial charge in [0.25, 0.3) is 5.91 Å². The highest BCUT2D eigenvalue weighted by atomic mass is 16.5. The van der Waals surface area contributed by atoms with Crippen LogP contribution in [0.3, 0.4) is 0 Å². The Morgan fingerprint density at radius 3 is 2.75 bits per heavy atom. The Bertz CT molecular complexity index is 735. The average Bonchev–Trinajstić information content (AvgIpc) is 2.95. The van der Waals surface area contributed by atoms with Crippen LogP contribution in [0, 0.1) is 12.8 Å². The maximum atomic E-state index is 12.7. The van der Waals surface area contributed by atoms with Crippen LogP contribution in [-0.4, -0.2) is 34.0 Å². The number of rotatable bonds is 5. The summed E-state index contributed by atoms with van der Waals surface area (Å²) in [5.41, 5.74) is 2.46. The fraction of sp³-hybridized carbons (Fsp3) is 0.444. The molecule has 1 aromatic carbocycles. The number of nitrogens with zero attached hydrogens (tertiary/aromatic N) is 2. The predicted molar refractivity (Wildman–Crippen MR) is 89.9 cm³/mol. The smallest absolute Gasteiger partial charge is 0.252 e. The Morgan fingerprint density at radius 2 is 2.21 bits per heavy atom. The Balaban J connectivity index is 1.80. The van der Waals surface area contributed by atoms with Crippen molar-refractivity contribution in [3.63, 3.8) is 0 Å². The molecular weight excluding hydrogens is 306 g/mol. The van der Waals surface area contributed by atoms with Crippen molar-refractivity contribution in [3.8, 4) is 5.75 Å². The zero-order valence-corrected chi connectivity index (χ0v) is 14.2. The highest BCUT2D eigenvalue weighted by Gasteiger charge is 2.36. The number of nitrogens with one attached hydrogen (secondary N) is 1. The molecule has 1 aliphatic carbocycles. The first kappa shape index (κ1) is 16.5.